The van der Waals surface area contributed by atoms with E-state index in [1.165, 1.54) is 0 Å². The molecule has 4 rings (SSSR count). The summed E-state index contributed by atoms with van der Waals surface area (Å²) in [6.07, 6.45) is 4.60. The van der Waals surface area contributed by atoms with Gasteiger partial charge in [0.15, 0.2) is 0 Å². The number of nitrogen functional groups attached to an aromatic ring is 1. The van der Waals surface area contributed by atoms with E-state index in [4.69, 9.17) is 5.73 Å². The normalized spacial score (nSPS) is 23.3. The number of pyridine rings is 2. The minimum atomic E-state index is -0.549. The van der Waals surface area contributed by atoms with Crippen LogP contribution < -0.4 is 11.1 Å². The highest BCUT2D eigenvalue weighted by atomic mass is 16.2. The van der Waals surface area contributed by atoms with Gasteiger partial charge in [0.25, 0.3) is 0 Å². The molecule has 1 atom stereocenters. The quantitative estimate of drug-likeness (QED) is 0.734. The molecule has 5 heteroatoms. The molecule has 1 aliphatic heterocycles. The minimum Gasteiger partial charge on any atom is -0.397 e. The van der Waals surface area contributed by atoms with Crippen LogP contribution in [0.15, 0.2) is 30.6 Å². The van der Waals surface area contributed by atoms with E-state index in [2.05, 4.69) is 15.3 Å². The van der Waals surface area contributed by atoms with Crippen LogP contribution in [0.2, 0.25) is 0 Å². The fourth-order valence-electron chi connectivity index (χ4n) is 3.13. The van der Waals surface area contributed by atoms with Gasteiger partial charge in [-0.1, -0.05) is 6.07 Å². The lowest BCUT2D eigenvalue weighted by atomic mass is 9.80. The number of hydrogen-bond acceptors (Lipinski definition) is 4. The van der Waals surface area contributed by atoms with Crippen molar-refractivity contribution in [2.24, 2.45) is 0 Å². The summed E-state index contributed by atoms with van der Waals surface area (Å²) in [5, 5.41) is 2.87. The first-order valence-electron chi connectivity index (χ1n) is 6.19. The highest BCUT2D eigenvalue weighted by Gasteiger charge is 2.51. The van der Waals surface area contributed by atoms with Crippen LogP contribution >= 0.6 is 0 Å². The molecule has 1 aliphatic carbocycles. The maximum absolute atomic E-state index is 12.4. The summed E-state index contributed by atoms with van der Waals surface area (Å²) in [5.41, 5.74) is 8.85. The van der Waals surface area contributed by atoms with Crippen LogP contribution in [0.5, 0.6) is 0 Å². The maximum atomic E-state index is 12.4. The summed E-state index contributed by atoms with van der Waals surface area (Å²) >= 11 is 0. The summed E-state index contributed by atoms with van der Waals surface area (Å²) in [6, 6.07) is 5.75. The molecule has 1 spiro atoms. The Morgan fingerprint density at radius 3 is 3.11 bits per heavy atom. The van der Waals surface area contributed by atoms with E-state index in [1.807, 2.05) is 18.2 Å². The second kappa shape index (κ2) is 3.32. The first-order valence-corrected chi connectivity index (χ1v) is 6.19. The number of carbonyl (C=O) groups excluding carboxylic acids is 1. The lowest BCUT2D eigenvalue weighted by Gasteiger charge is -2.19. The van der Waals surface area contributed by atoms with Crippen molar-refractivity contribution >= 4 is 17.4 Å². The Morgan fingerprint density at radius 1 is 1.32 bits per heavy atom. The fourth-order valence-corrected chi connectivity index (χ4v) is 3.13. The molecule has 0 bridgehead atoms. The van der Waals surface area contributed by atoms with Crippen LogP contribution in [0, 0.1) is 0 Å². The molecular formula is C14H12N4O. The summed E-state index contributed by atoms with van der Waals surface area (Å²) in [4.78, 5) is 21.0. The molecule has 2 aromatic rings. The molecule has 0 saturated heterocycles. The Balaban J connectivity index is 1.88. The van der Waals surface area contributed by atoms with Crippen molar-refractivity contribution < 1.29 is 4.79 Å². The average molecular weight is 252 g/mol. The van der Waals surface area contributed by atoms with Crippen molar-refractivity contribution in [3.63, 3.8) is 0 Å². The minimum absolute atomic E-state index is 0.0118. The topological polar surface area (TPSA) is 80.9 Å². The number of nitrogens with two attached hydrogens (primary N) is 1. The van der Waals surface area contributed by atoms with Crippen molar-refractivity contribution in [2.45, 2.75) is 18.3 Å². The summed E-state index contributed by atoms with van der Waals surface area (Å²) in [5.74, 6) is 0.686. The number of nitrogens with zero attached hydrogens (tertiary/aromatic N) is 2. The SMILES string of the molecule is Nc1cnc2c(c1)C[C@]1(C2)C(=O)Nc2ncccc21. The molecule has 2 aliphatic rings. The molecule has 3 N–H and O–H groups in total. The number of hydrogen-bond donors (Lipinski definition) is 2. The molecule has 0 saturated carbocycles. The Hall–Kier alpha value is -2.43. The predicted octanol–water partition coefficient (Wildman–Crippen LogP) is 1.05. The monoisotopic (exact) mass is 252 g/mol. The molecule has 3 heterocycles. The predicted molar refractivity (Wildman–Crippen MR) is 70.6 cm³/mol. The van der Waals surface area contributed by atoms with Gasteiger partial charge in [-0.15, -0.1) is 0 Å². The first-order chi connectivity index (χ1) is 9.19. The molecule has 19 heavy (non-hydrogen) atoms. The number of carbonyl (C=O) groups is 1. The van der Waals surface area contributed by atoms with Crippen molar-refractivity contribution in [1.29, 1.82) is 0 Å². The average Bonchev–Trinajstić information content (AvgIpc) is 2.90. The Labute approximate surface area is 109 Å². The van der Waals surface area contributed by atoms with Gasteiger partial charge in [0.05, 0.1) is 17.3 Å². The van der Waals surface area contributed by atoms with E-state index in [0.717, 1.165) is 16.8 Å². The van der Waals surface area contributed by atoms with E-state index in [9.17, 15) is 4.79 Å². The van der Waals surface area contributed by atoms with Crippen LogP contribution in [0.1, 0.15) is 16.8 Å². The van der Waals surface area contributed by atoms with Gasteiger partial charge in [-0.2, -0.15) is 0 Å². The molecule has 0 unspecified atom stereocenters. The lowest BCUT2D eigenvalue weighted by Crippen LogP contribution is -2.35. The third kappa shape index (κ3) is 1.27. The summed E-state index contributed by atoms with van der Waals surface area (Å²) < 4.78 is 0. The smallest absolute Gasteiger partial charge is 0.237 e. The lowest BCUT2D eigenvalue weighted by molar-refractivity contribution is -0.120. The molecule has 5 nitrogen and oxygen atoms in total. The van der Waals surface area contributed by atoms with E-state index in [0.29, 0.717) is 24.3 Å². The fraction of sp³-hybridized carbons (Fsp3) is 0.214. The zero-order valence-electron chi connectivity index (χ0n) is 10.2. The second-order valence-corrected chi connectivity index (χ2v) is 5.16. The maximum Gasteiger partial charge on any atom is 0.237 e. The summed E-state index contributed by atoms with van der Waals surface area (Å²) in [7, 11) is 0. The van der Waals surface area contributed by atoms with Gasteiger partial charge < -0.3 is 11.1 Å². The second-order valence-electron chi connectivity index (χ2n) is 5.16. The first kappa shape index (κ1) is 10.5. The van der Waals surface area contributed by atoms with E-state index in [1.54, 1.807) is 12.4 Å². The van der Waals surface area contributed by atoms with Crippen LogP contribution in [-0.2, 0) is 23.1 Å². The number of fused-ring (bicyclic) bond motifs is 3. The number of rotatable bonds is 0. The molecule has 0 fully saturated rings. The van der Waals surface area contributed by atoms with Crippen LogP contribution in [0.4, 0.5) is 11.5 Å². The standard InChI is InChI=1S/C14H12N4O/c15-9-4-8-5-14(6-11(8)17-7-9)10-2-1-3-16-12(10)18-13(14)19/h1-4,7H,5-6,15H2,(H,16,18,19)/t14-/m1/s1. The molecule has 2 aromatic heterocycles. The zero-order chi connectivity index (χ0) is 13.0. The Bertz CT molecular complexity index is 712. The molecule has 94 valence electrons. The van der Waals surface area contributed by atoms with Gasteiger partial charge in [-0.25, -0.2) is 4.98 Å². The van der Waals surface area contributed by atoms with Gasteiger partial charge in [-0.05, 0) is 24.1 Å². The van der Waals surface area contributed by atoms with Crippen molar-refractivity contribution in [3.8, 4) is 0 Å². The van der Waals surface area contributed by atoms with Gasteiger partial charge in [0.2, 0.25) is 5.91 Å². The third-order valence-corrected chi connectivity index (χ3v) is 4.03. The van der Waals surface area contributed by atoms with Gasteiger partial charge in [0.1, 0.15) is 5.82 Å². The van der Waals surface area contributed by atoms with Crippen molar-refractivity contribution in [1.82, 2.24) is 9.97 Å². The van der Waals surface area contributed by atoms with Gasteiger partial charge in [-0.3, -0.25) is 9.78 Å². The third-order valence-electron chi connectivity index (χ3n) is 4.03. The van der Waals surface area contributed by atoms with Crippen molar-refractivity contribution in [2.75, 3.05) is 11.1 Å². The highest BCUT2D eigenvalue weighted by molar-refractivity contribution is 6.06. The van der Waals surface area contributed by atoms with Crippen LogP contribution in [0.25, 0.3) is 0 Å². The molecule has 1 amide bonds. The number of amides is 1. The van der Waals surface area contributed by atoms with Gasteiger partial charge in [0, 0.05) is 23.9 Å². The number of aromatic nitrogens is 2. The van der Waals surface area contributed by atoms with Gasteiger partial charge >= 0.3 is 0 Å². The van der Waals surface area contributed by atoms with Crippen LogP contribution in [-0.4, -0.2) is 15.9 Å². The summed E-state index contributed by atoms with van der Waals surface area (Å²) in [6.45, 7) is 0. The van der Waals surface area contributed by atoms with Crippen molar-refractivity contribution in [3.05, 3.63) is 47.4 Å². The van der Waals surface area contributed by atoms with E-state index >= 15 is 0 Å². The highest BCUT2D eigenvalue weighted by Crippen LogP contribution is 2.46. The number of nitrogens with one attached hydrogen (secondary N) is 1. The largest absolute Gasteiger partial charge is 0.397 e. The number of anilines is 2. The Morgan fingerprint density at radius 2 is 2.21 bits per heavy atom. The molecule has 0 aromatic carbocycles. The zero-order valence-corrected chi connectivity index (χ0v) is 10.2. The van der Waals surface area contributed by atoms with E-state index < -0.39 is 5.41 Å². The van der Waals surface area contributed by atoms with E-state index in [-0.39, 0.29) is 5.91 Å². The molecular weight excluding hydrogens is 240 g/mol. The van der Waals surface area contributed by atoms with Crippen LogP contribution in [0.3, 0.4) is 0 Å². The molecule has 0 radical (unpaired) electrons. The Kier molecular flexibility index (Phi) is 1.83.